The Morgan fingerprint density at radius 1 is 1.27 bits per heavy atom. The highest BCUT2D eigenvalue weighted by Gasteiger charge is 2.33. The van der Waals surface area contributed by atoms with Crippen LogP contribution in [0.1, 0.15) is 36.7 Å². The van der Waals surface area contributed by atoms with Gasteiger partial charge in [-0.2, -0.15) is 0 Å². The second-order valence-electron chi connectivity index (χ2n) is 8.31. The lowest BCUT2D eigenvalue weighted by molar-refractivity contribution is -0.130. The van der Waals surface area contributed by atoms with E-state index in [-0.39, 0.29) is 12.0 Å². The van der Waals surface area contributed by atoms with E-state index in [4.69, 9.17) is 9.47 Å². The van der Waals surface area contributed by atoms with Gasteiger partial charge >= 0.3 is 0 Å². The number of aryl methyl sites for hydroxylation is 1. The van der Waals surface area contributed by atoms with E-state index in [9.17, 15) is 4.79 Å². The van der Waals surface area contributed by atoms with Crippen molar-refractivity contribution in [3.8, 4) is 11.5 Å². The van der Waals surface area contributed by atoms with Crippen molar-refractivity contribution in [2.24, 2.45) is 5.92 Å². The first-order valence-corrected chi connectivity index (χ1v) is 10.6. The number of piperidine rings is 1. The molecule has 7 nitrogen and oxygen atoms in total. The molecule has 1 fully saturated rings. The standard InChI is InChI=1S/C23H30N4O3/c1-16-24-10-18(11-25-16)12-26-8-4-5-19(13-26)23-15-27(17(2)28)14-20-9-21(29-3)6-7-22(20)30-23/h6-7,9-11,19,23H,4-5,8,12-15H2,1-3H3/t19-,23-/m1/s1. The molecule has 1 amide bonds. The van der Waals surface area contributed by atoms with Crippen molar-refractivity contribution in [2.45, 2.75) is 45.9 Å². The fraction of sp³-hybridized carbons (Fsp3) is 0.522. The zero-order chi connectivity index (χ0) is 21.1. The molecule has 7 heteroatoms. The fourth-order valence-corrected chi connectivity index (χ4v) is 4.39. The van der Waals surface area contributed by atoms with E-state index in [1.807, 2.05) is 42.4 Å². The number of carbonyl (C=O) groups excluding carboxylic acids is 1. The Morgan fingerprint density at radius 3 is 2.80 bits per heavy atom. The van der Waals surface area contributed by atoms with Crippen LogP contribution in [-0.4, -0.2) is 58.5 Å². The van der Waals surface area contributed by atoms with Gasteiger partial charge in [-0.1, -0.05) is 0 Å². The smallest absolute Gasteiger partial charge is 0.219 e. The Morgan fingerprint density at radius 2 is 2.07 bits per heavy atom. The van der Waals surface area contributed by atoms with Crippen LogP contribution >= 0.6 is 0 Å². The Kier molecular flexibility index (Phi) is 6.18. The third-order valence-electron chi connectivity index (χ3n) is 6.06. The maximum atomic E-state index is 12.3. The topological polar surface area (TPSA) is 67.8 Å². The van der Waals surface area contributed by atoms with Crippen LogP contribution in [0.15, 0.2) is 30.6 Å². The lowest BCUT2D eigenvalue weighted by Gasteiger charge is -2.37. The molecule has 4 rings (SSSR count). The van der Waals surface area contributed by atoms with E-state index in [1.165, 1.54) is 0 Å². The van der Waals surface area contributed by atoms with Crippen molar-refractivity contribution in [1.29, 1.82) is 0 Å². The van der Waals surface area contributed by atoms with Gasteiger partial charge in [0.25, 0.3) is 0 Å². The normalized spacial score (nSPS) is 22.0. The van der Waals surface area contributed by atoms with E-state index >= 15 is 0 Å². The molecule has 1 aromatic carbocycles. The third kappa shape index (κ3) is 4.73. The lowest BCUT2D eigenvalue weighted by atomic mass is 9.91. The molecule has 30 heavy (non-hydrogen) atoms. The van der Waals surface area contributed by atoms with Crippen LogP contribution in [0.2, 0.25) is 0 Å². The lowest BCUT2D eigenvalue weighted by Crippen LogP contribution is -2.46. The van der Waals surface area contributed by atoms with E-state index in [0.29, 0.717) is 19.0 Å². The van der Waals surface area contributed by atoms with Crippen LogP contribution < -0.4 is 9.47 Å². The summed E-state index contributed by atoms with van der Waals surface area (Å²) in [6.45, 7) is 7.53. The fourth-order valence-electron chi connectivity index (χ4n) is 4.39. The number of likely N-dealkylation sites (tertiary alicyclic amines) is 1. The summed E-state index contributed by atoms with van der Waals surface area (Å²) in [5.41, 5.74) is 2.13. The minimum absolute atomic E-state index is 0.0272. The summed E-state index contributed by atoms with van der Waals surface area (Å²) in [4.78, 5) is 25.3. The molecule has 3 heterocycles. The molecule has 0 saturated carbocycles. The first-order valence-electron chi connectivity index (χ1n) is 10.6. The molecule has 0 spiro atoms. The minimum atomic E-state index is -0.0272. The third-order valence-corrected chi connectivity index (χ3v) is 6.06. The van der Waals surface area contributed by atoms with Gasteiger partial charge in [0.1, 0.15) is 23.4 Å². The second-order valence-corrected chi connectivity index (χ2v) is 8.31. The maximum Gasteiger partial charge on any atom is 0.219 e. The zero-order valence-electron chi connectivity index (χ0n) is 18.0. The Balaban J connectivity index is 1.50. The second kappa shape index (κ2) is 9.00. The molecule has 0 unspecified atom stereocenters. The molecular weight excluding hydrogens is 380 g/mol. The zero-order valence-corrected chi connectivity index (χ0v) is 18.0. The maximum absolute atomic E-state index is 12.3. The largest absolute Gasteiger partial charge is 0.497 e. The van der Waals surface area contributed by atoms with E-state index < -0.39 is 0 Å². The van der Waals surface area contributed by atoms with Crippen molar-refractivity contribution >= 4 is 5.91 Å². The van der Waals surface area contributed by atoms with Crippen molar-refractivity contribution in [2.75, 3.05) is 26.7 Å². The van der Waals surface area contributed by atoms with Crippen LogP contribution in [-0.2, 0) is 17.9 Å². The summed E-state index contributed by atoms with van der Waals surface area (Å²) < 4.78 is 11.9. The molecular formula is C23H30N4O3. The number of nitrogens with zero attached hydrogens (tertiary/aromatic N) is 4. The average molecular weight is 411 g/mol. The Bertz CT molecular complexity index is 887. The molecule has 0 bridgehead atoms. The molecule has 1 aromatic heterocycles. The number of amides is 1. The number of ether oxygens (including phenoxy) is 2. The van der Waals surface area contributed by atoms with Crippen LogP contribution in [0.5, 0.6) is 11.5 Å². The van der Waals surface area contributed by atoms with Gasteiger partial charge in [0, 0.05) is 56.0 Å². The summed E-state index contributed by atoms with van der Waals surface area (Å²) in [5, 5.41) is 0. The van der Waals surface area contributed by atoms with E-state index in [0.717, 1.165) is 60.9 Å². The number of hydrogen-bond donors (Lipinski definition) is 0. The number of aromatic nitrogens is 2. The van der Waals surface area contributed by atoms with Gasteiger partial charge in [-0.3, -0.25) is 9.69 Å². The van der Waals surface area contributed by atoms with Crippen LogP contribution in [0.3, 0.4) is 0 Å². The quantitative estimate of drug-likeness (QED) is 0.772. The minimum Gasteiger partial charge on any atom is -0.497 e. The Hall–Kier alpha value is -2.67. The number of carbonyl (C=O) groups is 1. The average Bonchev–Trinajstić information content (AvgIpc) is 2.95. The number of hydrogen-bond acceptors (Lipinski definition) is 6. The number of benzene rings is 1. The van der Waals surface area contributed by atoms with Crippen LogP contribution in [0, 0.1) is 12.8 Å². The molecule has 2 aliphatic heterocycles. The summed E-state index contributed by atoms with van der Waals surface area (Å²) in [5.74, 6) is 2.86. The molecule has 2 aliphatic rings. The highest BCUT2D eigenvalue weighted by Crippen LogP contribution is 2.33. The molecule has 2 aromatic rings. The number of fused-ring (bicyclic) bond motifs is 1. The van der Waals surface area contributed by atoms with Gasteiger partial charge in [0.05, 0.1) is 13.7 Å². The van der Waals surface area contributed by atoms with Gasteiger partial charge in [-0.05, 0) is 44.5 Å². The summed E-state index contributed by atoms with van der Waals surface area (Å²) in [7, 11) is 1.65. The molecule has 1 saturated heterocycles. The summed E-state index contributed by atoms with van der Waals surface area (Å²) in [6, 6.07) is 5.86. The van der Waals surface area contributed by atoms with E-state index in [1.54, 1.807) is 14.0 Å². The van der Waals surface area contributed by atoms with Gasteiger partial charge in [-0.25, -0.2) is 9.97 Å². The molecule has 160 valence electrons. The van der Waals surface area contributed by atoms with Crippen LogP contribution in [0.25, 0.3) is 0 Å². The van der Waals surface area contributed by atoms with Gasteiger partial charge in [0.15, 0.2) is 0 Å². The Labute approximate surface area is 178 Å². The number of rotatable bonds is 4. The van der Waals surface area contributed by atoms with Gasteiger partial charge in [0.2, 0.25) is 5.91 Å². The van der Waals surface area contributed by atoms with Crippen LogP contribution in [0.4, 0.5) is 0 Å². The van der Waals surface area contributed by atoms with Crippen molar-refractivity contribution in [3.05, 3.63) is 47.5 Å². The van der Waals surface area contributed by atoms with Crippen molar-refractivity contribution in [1.82, 2.24) is 19.8 Å². The highest BCUT2D eigenvalue weighted by molar-refractivity contribution is 5.73. The monoisotopic (exact) mass is 410 g/mol. The molecule has 0 aliphatic carbocycles. The first kappa shape index (κ1) is 20.6. The summed E-state index contributed by atoms with van der Waals surface area (Å²) >= 11 is 0. The van der Waals surface area contributed by atoms with Crippen molar-refractivity contribution in [3.63, 3.8) is 0 Å². The molecule has 0 radical (unpaired) electrons. The predicted octanol–water partition coefficient (Wildman–Crippen LogP) is 2.82. The van der Waals surface area contributed by atoms with Gasteiger partial charge < -0.3 is 14.4 Å². The summed E-state index contributed by atoms with van der Waals surface area (Å²) in [6.07, 6.45) is 6.01. The highest BCUT2D eigenvalue weighted by atomic mass is 16.5. The predicted molar refractivity (Wildman–Crippen MR) is 113 cm³/mol. The van der Waals surface area contributed by atoms with E-state index in [2.05, 4.69) is 14.9 Å². The van der Waals surface area contributed by atoms with Gasteiger partial charge in [-0.15, -0.1) is 0 Å². The first-order chi connectivity index (χ1) is 14.5. The number of methoxy groups -OCH3 is 1. The SMILES string of the molecule is COc1ccc2c(c1)CN(C(C)=O)C[C@H]([C@@H]1CCCN(Cc3cnc(C)nc3)C1)O2. The van der Waals surface area contributed by atoms with Crippen molar-refractivity contribution < 1.29 is 14.3 Å². The molecule has 0 N–H and O–H groups in total. The molecule has 2 atom stereocenters.